The summed E-state index contributed by atoms with van der Waals surface area (Å²) in [5, 5.41) is 0. The molecule has 3 aliphatic heterocycles. The van der Waals surface area contributed by atoms with Gasteiger partial charge in [0, 0.05) is 45.3 Å². The van der Waals surface area contributed by atoms with Crippen LogP contribution in [0.3, 0.4) is 0 Å². The Bertz CT molecular complexity index is 720. The minimum atomic E-state index is -1.33. The van der Waals surface area contributed by atoms with E-state index < -0.39 is 16.2 Å². The summed E-state index contributed by atoms with van der Waals surface area (Å²) in [5.41, 5.74) is 1.89. The monoisotopic (exact) mass is 455 g/mol. The highest BCUT2D eigenvalue weighted by Crippen LogP contribution is 2.33. The van der Waals surface area contributed by atoms with Gasteiger partial charge >= 0.3 is 0 Å². The summed E-state index contributed by atoms with van der Waals surface area (Å²) < 4.78 is 11.5. The molecule has 0 N–H and O–H groups in total. The van der Waals surface area contributed by atoms with Gasteiger partial charge in [0.25, 0.3) is 0 Å². The highest BCUT2D eigenvalue weighted by molar-refractivity contribution is 7.20. The van der Waals surface area contributed by atoms with Gasteiger partial charge < -0.3 is 22.9 Å². The zero-order valence-electron chi connectivity index (χ0n) is 18.0. The summed E-state index contributed by atoms with van der Waals surface area (Å²) in [5.74, 6) is 0.0485. The van der Waals surface area contributed by atoms with Crippen molar-refractivity contribution < 1.29 is 17.8 Å². The number of hydrogen-bond donors (Lipinski definition) is 0. The van der Waals surface area contributed by atoms with Crippen molar-refractivity contribution in [2.24, 2.45) is 0 Å². The van der Waals surface area contributed by atoms with E-state index in [1.54, 1.807) is 0 Å². The first-order chi connectivity index (χ1) is 13.0. The maximum atomic E-state index is 12.4. The van der Waals surface area contributed by atoms with E-state index in [-0.39, 0.29) is 20.8 Å². The van der Waals surface area contributed by atoms with Gasteiger partial charge in [-0.3, -0.25) is 9.59 Å². The Morgan fingerprint density at radius 3 is 1.82 bits per heavy atom. The first-order valence-corrected chi connectivity index (χ1v) is 20.1. The molecule has 0 unspecified atom stereocenters. The van der Waals surface area contributed by atoms with E-state index in [1.165, 1.54) is 6.08 Å². The summed E-state index contributed by atoms with van der Waals surface area (Å²) in [6.07, 6.45) is 1.52. The van der Waals surface area contributed by atoms with Crippen molar-refractivity contribution in [2.45, 2.75) is 32.7 Å². The second kappa shape index (κ2) is 8.03. The van der Waals surface area contributed by atoms with Gasteiger partial charge in [-0.2, -0.15) is 0 Å². The Morgan fingerprint density at radius 2 is 1.39 bits per heavy atom. The molecule has 0 aromatic rings. The average Bonchev–Trinajstić information content (AvgIpc) is 3.42. The molecule has 0 atom stereocenters. The molecule has 0 aromatic carbocycles. The fourth-order valence-corrected chi connectivity index (χ4v) is 23.8. The molecule has 0 saturated carbocycles. The summed E-state index contributed by atoms with van der Waals surface area (Å²) >= 11 is 0. The Labute approximate surface area is 175 Å². The minimum absolute atomic E-state index is 0.00546. The molecule has 4 rings (SSSR count). The van der Waals surface area contributed by atoms with Crippen molar-refractivity contribution in [1.82, 2.24) is 14.7 Å². The van der Waals surface area contributed by atoms with Crippen LogP contribution in [-0.4, -0.2) is 101 Å². The molecule has 3 fully saturated rings. The molecule has 3 heterocycles. The van der Waals surface area contributed by atoms with E-state index in [1.807, 2.05) is 14.7 Å². The van der Waals surface area contributed by atoms with Gasteiger partial charge in [-0.05, 0) is 32.7 Å². The molecule has 0 bridgehead atoms. The fraction of sp³-hybridized carbons (Fsp3) is 0.647. The van der Waals surface area contributed by atoms with E-state index in [4.69, 9.17) is 8.23 Å². The Hall–Kier alpha value is -0.992. The molecule has 0 amide bonds. The average molecular weight is 456 g/mol. The maximum absolute atomic E-state index is 12.4. The van der Waals surface area contributed by atoms with E-state index in [0.29, 0.717) is 17.1 Å². The fourth-order valence-electron chi connectivity index (χ4n) is 3.48. The van der Waals surface area contributed by atoms with Crippen molar-refractivity contribution >= 4 is 47.5 Å². The van der Waals surface area contributed by atoms with Crippen LogP contribution < -0.4 is 0 Å². The van der Waals surface area contributed by atoms with Crippen LogP contribution in [0, 0.1) is 0 Å². The molecule has 3 saturated heterocycles. The highest BCUT2D eigenvalue weighted by atomic mass is 29.2. The van der Waals surface area contributed by atoms with Crippen LogP contribution in [-0.2, 0) is 17.8 Å². The van der Waals surface area contributed by atoms with Crippen molar-refractivity contribution in [2.75, 3.05) is 39.3 Å². The van der Waals surface area contributed by atoms with Crippen LogP contribution in [0.2, 0.25) is 32.7 Å². The third kappa shape index (κ3) is 5.76. The molecule has 0 radical (unpaired) electrons. The number of rotatable bonds is 7. The predicted molar refractivity (Wildman–Crippen MR) is 121 cm³/mol. The molecule has 0 spiro atoms. The molecule has 11 heteroatoms. The number of ketones is 2. The molecule has 0 aromatic heterocycles. The lowest BCUT2D eigenvalue weighted by molar-refractivity contribution is -0.117. The molecule has 1 aliphatic carbocycles. The first-order valence-electron chi connectivity index (χ1n) is 10.0. The van der Waals surface area contributed by atoms with Crippen LogP contribution >= 0.6 is 0 Å². The van der Waals surface area contributed by atoms with Gasteiger partial charge in [-0.1, -0.05) is 0 Å². The van der Waals surface area contributed by atoms with Gasteiger partial charge in [-0.15, -0.1) is 0 Å². The summed E-state index contributed by atoms with van der Waals surface area (Å²) in [6.45, 7) is 16.7. The zero-order valence-corrected chi connectivity index (χ0v) is 23.4. The molecule has 7 nitrogen and oxygen atoms in total. The minimum Gasteiger partial charge on any atom is -0.468 e. The lowest BCUT2D eigenvalue weighted by atomic mass is 10.0. The zero-order chi connectivity index (χ0) is 20.7. The Balaban J connectivity index is 0.000000180. The second-order valence-electron chi connectivity index (χ2n) is 9.29. The van der Waals surface area contributed by atoms with Gasteiger partial charge in [-0.25, -0.2) is 0 Å². The summed E-state index contributed by atoms with van der Waals surface area (Å²) in [7, 11) is -2.05. The number of Topliss-reactive ketones (excluding diaryl/α,β-unsaturated/α-hetero) is 1. The standard InChI is InChI=1S/C12H13N3O2.C5H20O2Si4/c16-9-7-8(13-1-2-13)12(17)11(15-5-6-15)10(9)14-3-4-14;1-10(2,3)7-11(4,5)9-6-8/h7H,1-6H2;9H2,1-5,8H3. The number of nitrogens with zero attached hydrogens (tertiary/aromatic N) is 3. The number of hydrogen-bond acceptors (Lipinski definition) is 7. The summed E-state index contributed by atoms with van der Waals surface area (Å²) in [6, 6.07) is 0. The van der Waals surface area contributed by atoms with Crippen LogP contribution in [0.15, 0.2) is 23.2 Å². The lowest BCUT2D eigenvalue weighted by Gasteiger charge is -2.30. The van der Waals surface area contributed by atoms with Gasteiger partial charge in [0.1, 0.15) is 21.9 Å². The molecule has 4 aliphatic rings. The van der Waals surface area contributed by atoms with E-state index in [0.717, 1.165) is 49.8 Å². The third-order valence-electron chi connectivity index (χ3n) is 4.56. The van der Waals surface area contributed by atoms with Crippen molar-refractivity contribution in [3.63, 3.8) is 0 Å². The SMILES string of the molecule is C[Si](C)(C)O[Si](C)(C)[SiH2]O[SiH3].O=C1C=C(N2CC2)C(=O)C(N2CC2)=C1N1CC1. The van der Waals surface area contributed by atoms with Gasteiger partial charge in [0.05, 0.1) is 5.70 Å². The van der Waals surface area contributed by atoms with Crippen molar-refractivity contribution in [3.05, 3.63) is 23.2 Å². The van der Waals surface area contributed by atoms with Crippen molar-refractivity contribution in [1.29, 1.82) is 0 Å². The number of carbonyl (C=O) groups is 2. The largest absolute Gasteiger partial charge is 0.468 e. The quantitative estimate of drug-likeness (QED) is 0.280. The van der Waals surface area contributed by atoms with E-state index in [9.17, 15) is 9.59 Å². The Morgan fingerprint density at radius 1 is 0.893 bits per heavy atom. The predicted octanol–water partition coefficient (Wildman–Crippen LogP) is -0.899. The van der Waals surface area contributed by atoms with Crippen LogP contribution in [0.4, 0.5) is 0 Å². The van der Waals surface area contributed by atoms with Crippen LogP contribution in [0.5, 0.6) is 0 Å². The normalized spacial score (nSPS) is 22.0. The van der Waals surface area contributed by atoms with E-state index >= 15 is 0 Å². The summed E-state index contributed by atoms with van der Waals surface area (Å²) in [4.78, 5) is 30.5. The Kier molecular flexibility index (Phi) is 6.23. The number of carbonyl (C=O) groups excluding carboxylic acids is 2. The lowest BCUT2D eigenvalue weighted by Crippen LogP contribution is -2.48. The molecule has 156 valence electrons. The van der Waals surface area contributed by atoms with Crippen LogP contribution in [0.25, 0.3) is 0 Å². The number of allylic oxidation sites excluding steroid dienone is 1. The van der Waals surface area contributed by atoms with Crippen molar-refractivity contribution in [3.8, 4) is 0 Å². The molecular formula is C17H33N3O4Si4. The van der Waals surface area contributed by atoms with Crippen LogP contribution in [0.1, 0.15) is 0 Å². The topological polar surface area (TPSA) is 61.6 Å². The second-order valence-corrected chi connectivity index (χ2v) is 26.4. The van der Waals surface area contributed by atoms with Gasteiger partial charge in [0.2, 0.25) is 11.6 Å². The maximum Gasteiger partial charge on any atom is 0.227 e. The van der Waals surface area contributed by atoms with Gasteiger partial charge in [0.15, 0.2) is 25.4 Å². The highest BCUT2D eigenvalue weighted by Gasteiger charge is 2.43. The molecule has 28 heavy (non-hydrogen) atoms. The first kappa shape index (κ1) is 21.7. The smallest absolute Gasteiger partial charge is 0.227 e. The van der Waals surface area contributed by atoms with E-state index in [2.05, 4.69) is 32.7 Å². The molecular weight excluding hydrogens is 423 g/mol. The third-order valence-corrected chi connectivity index (χ3v) is 17.1.